The number of hydrogen-bond acceptors (Lipinski definition) is 10. The van der Waals surface area contributed by atoms with E-state index in [0.717, 1.165) is 11.8 Å². The normalized spacial score (nSPS) is 17.8. The van der Waals surface area contributed by atoms with Crippen LogP contribution in [0.5, 0.6) is 0 Å². The molecular formula is C20H14ClN5O5S. The molecule has 0 radical (unpaired) electrons. The van der Waals surface area contributed by atoms with E-state index in [-0.39, 0.29) is 44.1 Å². The maximum Gasteiger partial charge on any atom is 0.338 e. The lowest BCUT2D eigenvalue weighted by Gasteiger charge is -2.33. The molecule has 1 atom stereocenters. The number of nitrogens with zero attached hydrogens (tertiary/aromatic N) is 4. The highest BCUT2D eigenvalue weighted by Gasteiger charge is 2.44. The van der Waals surface area contributed by atoms with Gasteiger partial charge in [0.05, 0.1) is 28.9 Å². The van der Waals surface area contributed by atoms with Crippen LogP contribution in [0.1, 0.15) is 18.7 Å². The van der Waals surface area contributed by atoms with Crippen molar-refractivity contribution < 1.29 is 18.9 Å². The first-order valence-corrected chi connectivity index (χ1v) is 10.2. The standard InChI is InChI=1S/C20H14ClN5O5S/c1-9-16(19(27)30-2)17(25-18(23)15(8-22)32-20(25)24-9)14-6-5-13(31-14)11-4-3-10(21)7-12(11)26(28)29/h3-7,17H,23H2,1-2H3/t17-/m1/s1. The van der Waals surface area contributed by atoms with Crippen molar-refractivity contribution in [1.82, 2.24) is 4.90 Å². The molecule has 2 aromatic rings. The number of nitriles is 1. The van der Waals surface area contributed by atoms with E-state index in [9.17, 15) is 20.2 Å². The number of aliphatic imine (C=N–C) groups is 1. The molecule has 0 amide bonds. The minimum atomic E-state index is -0.881. The molecule has 10 nitrogen and oxygen atoms in total. The number of methoxy groups -OCH3 is 1. The van der Waals surface area contributed by atoms with Gasteiger partial charge in [-0.05, 0) is 43.0 Å². The Kier molecular flexibility index (Phi) is 5.41. The molecule has 12 heteroatoms. The number of rotatable bonds is 4. The summed E-state index contributed by atoms with van der Waals surface area (Å²) in [4.78, 5) is 29.7. The van der Waals surface area contributed by atoms with Crippen molar-refractivity contribution in [1.29, 1.82) is 5.26 Å². The molecule has 0 unspecified atom stereocenters. The molecule has 0 saturated carbocycles. The lowest BCUT2D eigenvalue weighted by Crippen LogP contribution is -2.38. The fourth-order valence-corrected chi connectivity index (χ4v) is 4.57. The summed E-state index contributed by atoms with van der Waals surface area (Å²) in [6.07, 6.45) is 0. The molecule has 2 aliphatic heterocycles. The monoisotopic (exact) mass is 471 g/mol. The fraction of sp³-hybridized carbons (Fsp3) is 0.150. The van der Waals surface area contributed by atoms with E-state index in [0.29, 0.717) is 10.9 Å². The van der Waals surface area contributed by atoms with Gasteiger partial charge in [-0.15, -0.1) is 0 Å². The number of nitro groups is 1. The lowest BCUT2D eigenvalue weighted by molar-refractivity contribution is -0.384. The van der Waals surface area contributed by atoms with Crippen LogP contribution in [0.15, 0.2) is 61.7 Å². The van der Waals surface area contributed by atoms with Gasteiger partial charge in [0.2, 0.25) is 0 Å². The van der Waals surface area contributed by atoms with Gasteiger partial charge in [0.25, 0.3) is 5.69 Å². The summed E-state index contributed by atoms with van der Waals surface area (Å²) in [6, 6.07) is 8.49. The zero-order valence-corrected chi connectivity index (χ0v) is 18.2. The first kappa shape index (κ1) is 21.5. The maximum atomic E-state index is 12.6. The number of benzene rings is 1. The van der Waals surface area contributed by atoms with Crippen LogP contribution < -0.4 is 5.73 Å². The number of carbonyl (C=O) groups is 1. The lowest BCUT2D eigenvalue weighted by atomic mass is 10.00. The summed E-state index contributed by atoms with van der Waals surface area (Å²) >= 11 is 6.98. The van der Waals surface area contributed by atoms with Crippen molar-refractivity contribution in [3.8, 4) is 17.4 Å². The number of esters is 1. The molecule has 0 saturated heterocycles. The summed E-state index contributed by atoms with van der Waals surface area (Å²) in [5.41, 5.74) is 6.72. The maximum absolute atomic E-state index is 12.6. The highest BCUT2D eigenvalue weighted by molar-refractivity contribution is 8.17. The quantitative estimate of drug-likeness (QED) is 0.395. The minimum absolute atomic E-state index is 0.116. The molecule has 1 aromatic heterocycles. The van der Waals surface area contributed by atoms with Crippen LogP contribution in [0, 0.1) is 21.4 Å². The largest absolute Gasteiger partial charge is 0.466 e. The first-order valence-electron chi connectivity index (χ1n) is 9.05. The zero-order valence-electron chi connectivity index (χ0n) is 16.7. The molecule has 32 heavy (non-hydrogen) atoms. The van der Waals surface area contributed by atoms with Gasteiger partial charge in [-0.3, -0.25) is 15.0 Å². The number of thioether (sulfide) groups is 1. The molecule has 2 aliphatic rings. The number of allylic oxidation sites excluding steroid dienone is 2. The smallest absolute Gasteiger partial charge is 0.338 e. The van der Waals surface area contributed by atoms with Crippen molar-refractivity contribution >= 4 is 40.2 Å². The second-order valence-electron chi connectivity index (χ2n) is 6.71. The molecule has 4 rings (SSSR count). The molecule has 162 valence electrons. The van der Waals surface area contributed by atoms with Crippen LogP contribution in [-0.2, 0) is 9.53 Å². The molecule has 0 bridgehead atoms. The Morgan fingerprint density at radius 3 is 2.84 bits per heavy atom. The summed E-state index contributed by atoms with van der Waals surface area (Å²) in [7, 11) is 1.24. The second-order valence-corrected chi connectivity index (χ2v) is 8.12. The number of fused-ring (bicyclic) bond motifs is 1. The van der Waals surface area contributed by atoms with Gasteiger partial charge >= 0.3 is 5.97 Å². The van der Waals surface area contributed by atoms with Crippen LogP contribution in [0.3, 0.4) is 0 Å². The Morgan fingerprint density at radius 2 is 2.19 bits per heavy atom. The predicted octanol–water partition coefficient (Wildman–Crippen LogP) is 4.07. The van der Waals surface area contributed by atoms with Crippen molar-refractivity contribution in [2.45, 2.75) is 13.0 Å². The molecule has 1 aromatic carbocycles. The average Bonchev–Trinajstić information content (AvgIpc) is 3.37. The van der Waals surface area contributed by atoms with E-state index in [2.05, 4.69) is 4.99 Å². The minimum Gasteiger partial charge on any atom is -0.466 e. The Hall–Kier alpha value is -3.75. The van der Waals surface area contributed by atoms with Crippen LogP contribution in [0.25, 0.3) is 11.3 Å². The Bertz CT molecular complexity index is 1310. The molecule has 2 N–H and O–H groups in total. The fourth-order valence-electron chi connectivity index (χ4n) is 3.49. The van der Waals surface area contributed by atoms with Gasteiger partial charge in [0.15, 0.2) is 5.17 Å². The summed E-state index contributed by atoms with van der Waals surface area (Å²) in [5.74, 6) is -0.0668. The molecular weight excluding hydrogens is 458 g/mol. The molecule has 3 heterocycles. The summed E-state index contributed by atoms with van der Waals surface area (Å²) in [5, 5.41) is 21.5. The highest BCUT2D eigenvalue weighted by Crippen LogP contribution is 2.46. The van der Waals surface area contributed by atoms with E-state index < -0.39 is 16.9 Å². The zero-order chi connectivity index (χ0) is 23.2. The van der Waals surface area contributed by atoms with E-state index in [1.807, 2.05) is 6.07 Å². The number of hydrogen-bond donors (Lipinski definition) is 1. The van der Waals surface area contributed by atoms with Crippen molar-refractivity contribution in [2.24, 2.45) is 10.7 Å². The number of amidine groups is 1. The van der Waals surface area contributed by atoms with E-state index >= 15 is 0 Å². The third-order valence-electron chi connectivity index (χ3n) is 4.90. The van der Waals surface area contributed by atoms with Crippen LogP contribution in [0.4, 0.5) is 5.69 Å². The predicted molar refractivity (Wildman–Crippen MR) is 117 cm³/mol. The van der Waals surface area contributed by atoms with E-state index in [1.165, 1.54) is 30.2 Å². The number of halogens is 1. The number of nitrogens with two attached hydrogens (primary N) is 1. The number of carbonyl (C=O) groups excluding carboxylic acids is 1. The second kappa shape index (κ2) is 8.07. The highest BCUT2D eigenvalue weighted by atomic mass is 35.5. The van der Waals surface area contributed by atoms with E-state index in [1.54, 1.807) is 19.1 Å². The van der Waals surface area contributed by atoms with E-state index in [4.69, 9.17) is 26.5 Å². The van der Waals surface area contributed by atoms with Crippen molar-refractivity contribution in [2.75, 3.05) is 7.11 Å². The number of furan rings is 1. The Labute approximate surface area is 190 Å². The SMILES string of the molecule is COC(=O)C1=C(C)N=C2SC(C#N)=C(N)N2[C@@H]1c1ccc(-c2ccc(Cl)cc2[N+](=O)[O-])o1. The Morgan fingerprint density at radius 1 is 1.44 bits per heavy atom. The Balaban J connectivity index is 1.87. The summed E-state index contributed by atoms with van der Waals surface area (Å²) < 4.78 is 10.9. The number of ether oxygens (including phenoxy) is 1. The van der Waals surface area contributed by atoms with Gasteiger partial charge in [0, 0.05) is 11.1 Å². The van der Waals surface area contributed by atoms with Gasteiger partial charge in [-0.2, -0.15) is 5.26 Å². The molecule has 0 fully saturated rings. The third-order valence-corrected chi connectivity index (χ3v) is 6.11. The third kappa shape index (κ3) is 3.39. The number of nitro benzene ring substituents is 1. The van der Waals surface area contributed by atoms with Crippen LogP contribution >= 0.6 is 23.4 Å². The van der Waals surface area contributed by atoms with Gasteiger partial charge in [-0.25, -0.2) is 9.79 Å². The van der Waals surface area contributed by atoms with Crippen LogP contribution in [0.2, 0.25) is 5.02 Å². The topological polar surface area (TPSA) is 148 Å². The van der Waals surface area contributed by atoms with Gasteiger partial charge in [-0.1, -0.05) is 11.6 Å². The average molecular weight is 472 g/mol. The van der Waals surface area contributed by atoms with Crippen molar-refractivity contribution in [3.05, 3.63) is 73.2 Å². The van der Waals surface area contributed by atoms with Crippen LogP contribution in [-0.4, -0.2) is 28.1 Å². The van der Waals surface area contributed by atoms with Gasteiger partial charge in [0.1, 0.15) is 34.4 Å². The molecule has 0 spiro atoms. The van der Waals surface area contributed by atoms with Crippen molar-refractivity contribution in [3.63, 3.8) is 0 Å². The first-order chi connectivity index (χ1) is 15.3. The molecule has 0 aliphatic carbocycles. The van der Waals surface area contributed by atoms with Gasteiger partial charge < -0.3 is 14.9 Å². The summed E-state index contributed by atoms with van der Waals surface area (Å²) in [6.45, 7) is 1.64.